The number of hydrogen-bond donors (Lipinski definition) is 0. The lowest BCUT2D eigenvalue weighted by Gasteiger charge is -2.26. The second-order valence-corrected chi connectivity index (χ2v) is 4.72. The zero-order chi connectivity index (χ0) is 9.90. The molecule has 0 amide bonds. The highest BCUT2D eigenvalue weighted by Crippen LogP contribution is 2.29. The zero-order valence-corrected chi connectivity index (χ0v) is 9.04. The minimum atomic E-state index is 0.252. The lowest BCUT2D eigenvalue weighted by Crippen LogP contribution is -2.19. The van der Waals surface area contributed by atoms with Gasteiger partial charge >= 0.3 is 0 Å². The molecule has 13 heavy (non-hydrogen) atoms. The van der Waals surface area contributed by atoms with E-state index in [0.717, 1.165) is 5.92 Å². The average molecular weight is 177 g/mol. The highest BCUT2D eigenvalue weighted by molar-refractivity contribution is 5.19. The van der Waals surface area contributed by atoms with Gasteiger partial charge in [0, 0.05) is 12.4 Å². The highest BCUT2D eigenvalue weighted by Gasteiger charge is 2.21. The summed E-state index contributed by atoms with van der Waals surface area (Å²) in [5, 5.41) is 0. The Labute approximate surface area is 81.2 Å². The molecule has 1 nitrogen and oxygen atoms in total. The van der Waals surface area contributed by atoms with Gasteiger partial charge in [-0.3, -0.25) is 4.98 Å². The summed E-state index contributed by atoms with van der Waals surface area (Å²) in [6.07, 6.45) is 5.01. The first-order valence-electron chi connectivity index (χ1n) is 4.93. The van der Waals surface area contributed by atoms with Crippen molar-refractivity contribution in [2.24, 2.45) is 5.92 Å². The van der Waals surface area contributed by atoms with Gasteiger partial charge in [-0.05, 0) is 29.4 Å². The normalized spacial score (nSPS) is 12.1. The molecule has 72 valence electrons. The Kier molecular flexibility index (Phi) is 3.07. The van der Waals surface area contributed by atoms with E-state index in [9.17, 15) is 0 Å². The lowest BCUT2D eigenvalue weighted by atomic mass is 9.79. The molecule has 0 atom stereocenters. The van der Waals surface area contributed by atoms with Gasteiger partial charge in [0.25, 0.3) is 0 Å². The molecule has 1 heteroatoms. The van der Waals surface area contributed by atoms with Crippen LogP contribution in [0.25, 0.3) is 0 Å². The van der Waals surface area contributed by atoms with Crippen LogP contribution in [0.2, 0.25) is 0 Å². The Morgan fingerprint density at radius 3 is 2.54 bits per heavy atom. The van der Waals surface area contributed by atoms with Gasteiger partial charge in [0.1, 0.15) is 0 Å². The first-order valence-corrected chi connectivity index (χ1v) is 4.93. The Morgan fingerprint density at radius 1 is 1.38 bits per heavy atom. The molecule has 0 N–H and O–H groups in total. The minimum Gasteiger partial charge on any atom is -0.264 e. The molecule has 0 aromatic carbocycles. The van der Waals surface area contributed by atoms with Crippen molar-refractivity contribution < 1.29 is 0 Å². The summed E-state index contributed by atoms with van der Waals surface area (Å²) in [6.45, 7) is 9.09. The van der Waals surface area contributed by atoms with E-state index in [-0.39, 0.29) is 5.41 Å². The van der Waals surface area contributed by atoms with Crippen LogP contribution in [0.5, 0.6) is 0 Å². The van der Waals surface area contributed by atoms with E-state index >= 15 is 0 Å². The van der Waals surface area contributed by atoms with Gasteiger partial charge in [-0.2, -0.15) is 0 Å². The molecule has 1 rings (SSSR count). The van der Waals surface area contributed by atoms with Crippen molar-refractivity contribution in [3.05, 3.63) is 30.1 Å². The first-order chi connectivity index (χ1) is 6.02. The van der Waals surface area contributed by atoms with E-state index < -0.39 is 0 Å². The summed E-state index contributed by atoms with van der Waals surface area (Å²) in [7, 11) is 0. The minimum absolute atomic E-state index is 0.252. The summed E-state index contributed by atoms with van der Waals surface area (Å²) in [4.78, 5) is 4.16. The number of pyridine rings is 1. The fourth-order valence-corrected chi connectivity index (χ4v) is 1.90. The molecule has 0 spiro atoms. The summed E-state index contributed by atoms with van der Waals surface area (Å²) >= 11 is 0. The maximum atomic E-state index is 4.16. The SMILES string of the molecule is CC(C)CC(C)(C)c1cccnc1. The highest BCUT2D eigenvalue weighted by atomic mass is 14.6. The first kappa shape index (κ1) is 10.2. The number of aromatic nitrogens is 1. The molecular weight excluding hydrogens is 158 g/mol. The lowest BCUT2D eigenvalue weighted by molar-refractivity contribution is 0.399. The van der Waals surface area contributed by atoms with Crippen LogP contribution in [0.15, 0.2) is 24.5 Å². The van der Waals surface area contributed by atoms with Crippen LogP contribution < -0.4 is 0 Å². The van der Waals surface area contributed by atoms with E-state index in [4.69, 9.17) is 0 Å². The van der Waals surface area contributed by atoms with Gasteiger partial charge in [0.2, 0.25) is 0 Å². The van der Waals surface area contributed by atoms with E-state index in [1.54, 1.807) is 0 Å². The van der Waals surface area contributed by atoms with Crippen LogP contribution in [-0.4, -0.2) is 4.98 Å². The standard InChI is InChI=1S/C12H19N/c1-10(2)8-12(3,4)11-6-5-7-13-9-11/h5-7,9-10H,8H2,1-4H3. The molecule has 0 bridgehead atoms. The van der Waals surface area contributed by atoms with Crippen molar-refractivity contribution in [2.45, 2.75) is 39.5 Å². The summed E-state index contributed by atoms with van der Waals surface area (Å²) in [6, 6.07) is 4.17. The summed E-state index contributed by atoms with van der Waals surface area (Å²) < 4.78 is 0. The second-order valence-electron chi connectivity index (χ2n) is 4.72. The van der Waals surface area contributed by atoms with Crippen LogP contribution in [0.3, 0.4) is 0 Å². The topological polar surface area (TPSA) is 12.9 Å². The Bertz CT molecular complexity index is 249. The fraction of sp³-hybridized carbons (Fsp3) is 0.583. The molecule has 0 aliphatic rings. The third-order valence-electron chi connectivity index (χ3n) is 2.36. The largest absolute Gasteiger partial charge is 0.264 e. The summed E-state index contributed by atoms with van der Waals surface area (Å²) in [5.74, 6) is 0.732. The van der Waals surface area contributed by atoms with Crippen LogP contribution >= 0.6 is 0 Å². The maximum absolute atomic E-state index is 4.16. The Balaban J connectivity index is 2.81. The van der Waals surface area contributed by atoms with Crippen LogP contribution in [0.4, 0.5) is 0 Å². The third kappa shape index (κ3) is 2.83. The van der Waals surface area contributed by atoms with Gasteiger partial charge in [-0.25, -0.2) is 0 Å². The van der Waals surface area contributed by atoms with Gasteiger partial charge in [-0.15, -0.1) is 0 Å². The smallest absolute Gasteiger partial charge is 0.0305 e. The van der Waals surface area contributed by atoms with E-state index in [1.165, 1.54) is 12.0 Å². The molecule has 0 aliphatic carbocycles. The molecule has 1 aromatic heterocycles. The van der Waals surface area contributed by atoms with Crippen molar-refractivity contribution in [1.82, 2.24) is 4.98 Å². The fourth-order valence-electron chi connectivity index (χ4n) is 1.90. The average Bonchev–Trinajstić information content (AvgIpc) is 2.04. The number of rotatable bonds is 3. The number of hydrogen-bond acceptors (Lipinski definition) is 1. The number of nitrogens with zero attached hydrogens (tertiary/aromatic N) is 1. The van der Waals surface area contributed by atoms with Crippen molar-refractivity contribution >= 4 is 0 Å². The van der Waals surface area contributed by atoms with Crippen LogP contribution in [-0.2, 0) is 5.41 Å². The predicted octanol–water partition coefficient (Wildman–Crippen LogP) is 3.41. The molecule has 0 fully saturated rings. The van der Waals surface area contributed by atoms with E-state index in [0.29, 0.717) is 0 Å². The van der Waals surface area contributed by atoms with E-state index in [1.807, 2.05) is 18.5 Å². The molecule has 0 unspecified atom stereocenters. The Hall–Kier alpha value is -0.850. The Morgan fingerprint density at radius 2 is 2.08 bits per heavy atom. The van der Waals surface area contributed by atoms with Crippen molar-refractivity contribution in [3.8, 4) is 0 Å². The molecule has 0 saturated heterocycles. The van der Waals surface area contributed by atoms with Crippen molar-refractivity contribution in [3.63, 3.8) is 0 Å². The molecular formula is C12H19N. The van der Waals surface area contributed by atoms with Crippen molar-refractivity contribution in [2.75, 3.05) is 0 Å². The molecule has 0 saturated carbocycles. The van der Waals surface area contributed by atoms with Crippen LogP contribution in [0, 0.1) is 5.92 Å². The quantitative estimate of drug-likeness (QED) is 0.689. The van der Waals surface area contributed by atoms with Gasteiger partial charge in [0.15, 0.2) is 0 Å². The molecule has 1 aromatic rings. The van der Waals surface area contributed by atoms with Gasteiger partial charge in [-0.1, -0.05) is 33.8 Å². The van der Waals surface area contributed by atoms with Crippen molar-refractivity contribution in [1.29, 1.82) is 0 Å². The molecule has 1 heterocycles. The second kappa shape index (κ2) is 3.91. The predicted molar refractivity (Wildman–Crippen MR) is 56.7 cm³/mol. The van der Waals surface area contributed by atoms with Gasteiger partial charge in [0.05, 0.1) is 0 Å². The van der Waals surface area contributed by atoms with Gasteiger partial charge < -0.3 is 0 Å². The van der Waals surface area contributed by atoms with E-state index in [2.05, 4.69) is 38.7 Å². The molecule has 0 aliphatic heterocycles. The zero-order valence-electron chi connectivity index (χ0n) is 9.04. The third-order valence-corrected chi connectivity index (χ3v) is 2.36. The maximum Gasteiger partial charge on any atom is 0.0305 e. The summed E-state index contributed by atoms with van der Waals surface area (Å²) in [5.41, 5.74) is 1.59. The van der Waals surface area contributed by atoms with Crippen LogP contribution in [0.1, 0.15) is 39.7 Å². The monoisotopic (exact) mass is 177 g/mol. The molecule has 0 radical (unpaired) electrons.